The summed E-state index contributed by atoms with van der Waals surface area (Å²) in [5.41, 5.74) is 7.35. The van der Waals surface area contributed by atoms with E-state index in [1.165, 1.54) is 31.2 Å². The van der Waals surface area contributed by atoms with Crippen molar-refractivity contribution >= 4 is 0 Å². The second-order valence-electron chi connectivity index (χ2n) is 5.99. The van der Waals surface area contributed by atoms with Crippen molar-refractivity contribution in [3.63, 3.8) is 0 Å². The van der Waals surface area contributed by atoms with E-state index in [4.69, 9.17) is 15.2 Å². The van der Waals surface area contributed by atoms with Crippen molar-refractivity contribution < 1.29 is 9.47 Å². The quantitative estimate of drug-likeness (QED) is 0.894. The highest BCUT2D eigenvalue weighted by Crippen LogP contribution is 2.40. The van der Waals surface area contributed by atoms with Crippen LogP contribution in [0.15, 0.2) is 18.2 Å². The molecule has 20 heavy (non-hydrogen) atoms. The van der Waals surface area contributed by atoms with Gasteiger partial charge in [-0.15, -0.1) is 0 Å². The predicted molar refractivity (Wildman–Crippen MR) is 82.5 cm³/mol. The second-order valence-corrected chi connectivity index (χ2v) is 5.99. The molecule has 3 nitrogen and oxygen atoms in total. The number of ether oxygens (including phenoxy) is 2. The first-order valence-corrected chi connectivity index (χ1v) is 7.61. The third kappa shape index (κ3) is 3.26. The maximum atomic E-state index is 6.07. The highest BCUT2D eigenvalue weighted by molar-refractivity contribution is 5.44. The van der Waals surface area contributed by atoms with Crippen LogP contribution in [0.2, 0.25) is 0 Å². The normalized spacial score (nSPS) is 24.2. The van der Waals surface area contributed by atoms with E-state index >= 15 is 0 Å². The van der Waals surface area contributed by atoms with Crippen LogP contribution in [-0.4, -0.2) is 20.8 Å². The fourth-order valence-corrected chi connectivity index (χ4v) is 3.53. The monoisotopic (exact) mass is 277 g/mol. The van der Waals surface area contributed by atoms with E-state index in [0.717, 1.165) is 17.4 Å². The van der Waals surface area contributed by atoms with Crippen molar-refractivity contribution in [2.45, 2.75) is 38.5 Å². The van der Waals surface area contributed by atoms with Gasteiger partial charge < -0.3 is 15.2 Å². The molecular weight excluding hydrogens is 250 g/mol. The number of benzene rings is 1. The van der Waals surface area contributed by atoms with E-state index in [9.17, 15) is 0 Å². The van der Waals surface area contributed by atoms with E-state index < -0.39 is 0 Å². The zero-order valence-corrected chi connectivity index (χ0v) is 12.9. The van der Waals surface area contributed by atoms with E-state index in [0.29, 0.717) is 18.4 Å². The molecule has 0 aliphatic heterocycles. The molecule has 1 aromatic carbocycles. The van der Waals surface area contributed by atoms with Crippen LogP contribution in [-0.2, 0) is 0 Å². The lowest BCUT2D eigenvalue weighted by Gasteiger charge is -2.33. The predicted octanol–water partition coefficient (Wildman–Crippen LogP) is 3.57. The summed E-state index contributed by atoms with van der Waals surface area (Å²) in [6, 6.07) is 6.22. The molecule has 0 spiro atoms. The Balaban J connectivity index is 2.22. The van der Waals surface area contributed by atoms with Gasteiger partial charge in [-0.2, -0.15) is 0 Å². The average Bonchev–Trinajstić information content (AvgIpc) is 2.48. The topological polar surface area (TPSA) is 44.5 Å². The minimum atomic E-state index is 0.428. The van der Waals surface area contributed by atoms with Gasteiger partial charge in [-0.25, -0.2) is 0 Å². The van der Waals surface area contributed by atoms with Crippen LogP contribution >= 0.6 is 0 Å². The van der Waals surface area contributed by atoms with Crippen molar-refractivity contribution in [3.05, 3.63) is 23.8 Å². The first-order chi connectivity index (χ1) is 9.69. The molecule has 112 valence electrons. The Morgan fingerprint density at radius 2 is 1.95 bits per heavy atom. The minimum absolute atomic E-state index is 0.428. The molecule has 1 aromatic rings. The Labute approximate surface area is 122 Å². The summed E-state index contributed by atoms with van der Waals surface area (Å²) in [5.74, 6) is 3.53. The van der Waals surface area contributed by atoms with Crippen LogP contribution in [0.5, 0.6) is 11.5 Å². The Kier molecular flexibility index (Phi) is 5.30. The second kappa shape index (κ2) is 6.98. The van der Waals surface area contributed by atoms with Crippen molar-refractivity contribution in [2.24, 2.45) is 17.6 Å². The van der Waals surface area contributed by atoms with Crippen LogP contribution < -0.4 is 15.2 Å². The minimum Gasteiger partial charge on any atom is -0.493 e. The fourth-order valence-electron chi connectivity index (χ4n) is 3.53. The van der Waals surface area contributed by atoms with Gasteiger partial charge in [0.15, 0.2) is 11.5 Å². The summed E-state index contributed by atoms with van der Waals surface area (Å²) in [4.78, 5) is 0. The third-order valence-corrected chi connectivity index (χ3v) is 4.64. The maximum absolute atomic E-state index is 6.07. The largest absolute Gasteiger partial charge is 0.493 e. The van der Waals surface area contributed by atoms with Gasteiger partial charge in [0.1, 0.15) is 0 Å². The zero-order valence-electron chi connectivity index (χ0n) is 12.9. The third-order valence-electron chi connectivity index (χ3n) is 4.64. The lowest BCUT2D eigenvalue weighted by atomic mass is 9.73. The van der Waals surface area contributed by atoms with E-state index in [1.54, 1.807) is 14.2 Å². The standard InChI is InChI=1S/C17H27NO2/c1-12-5-4-6-13(9-12)15(11-18)14-7-8-16(19-2)17(10-14)20-3/h7-8,10,12-13,15H,4-6,9,11,18H2,1-3H3. The summed E-state index contributed by atoms with van der Waals surface area (Å²) in [6.07, 6.45) is 5.27. The Morgan fingerprint density at radius 1 is 1.20 bits per heavy atom. The molecule has 1 aliphatic carbocycles. The Bertz CT molecular complexity index is 433. The molecule has 3 atom stereocenters. The Hall–Kier alpha value is -1.22. The molecule has 0 heterocycles. The van der Waals surface area contributed by atoms with Crippen LogP contribution in [0.1, 0.15) is 44.1 Å². The Morgan fingerprint density at radius 3 is 2.55 bits per heavy atom. The fraction of sp³-hybridized carbons (Fsp3) is 0.647. The van der Waals surface area contributed by atoms with Gasteiger partial charge in [0, 0.05) is 0 Å². The van der Waals surface area contributed by atoms with E-state index in [2.05, 4.69) is 19.1 Å². The molecule has 0 radical (unpaired) electrons. The molecule has 0 amide bonds. The van der Waals surface area contributed by atoms with Gasteiger partial charge in [0.05, 0.1) is 14.2 Å². The van der Waals surface area contributed by atoms with Crippen molar-refractivity contribution in [1.29, 1.82) is 0 Å². The molecule has 1 saturated carbocycles. The highest BCUT2D eigenvalue weighted by atomic mass is 16.5. The molecule has 2 rings (SSSR count). The SMILES string of the molecule is COc1ccc(C(CN)C2CCCC(C)C2)cc1OC. The lowest BCUT2D eigenvalue weighted by molar-refractivity contribution is 0.247. The summed E-state index contributed by atoms with van der Waals surface area (Å²) in [7, 11) is 3.35. The molecule has 3 heteroatoms. The number of nitrogens with two attached hydrogens (primary N) is 1. The van der Waals surface area contributed by atoms with Crippen LogP contribution in [0, 0.1) is 11.8 Å². The number of hydrogen-bond acceptors (Lipinski definition) is 3. The molecule has 3 unspecified atom stereocenters. The van der Waals surface area contributed by atoms with E-state index in [1.807, 2.05) is 6.07 Å². The molecule has 0 bridgehead atoms. The van der Waals surface area contributed by atoms with Gasteiger partial charge in [-0.3, -0.25) is 0 Å². The van der Waals surface area contributed by atoms with Gasteiger partial charge in [0.2, 0.25) is 0 Å². The number of rotatable bonds is 5. The molecule has 0 saturated heterocycles. The molecule has 0 aromatic heterocycles. The molecule has 2 N–H and O–H groups in total. The molecular formula is C17H27NO2. The summed E-state index contributed by atoms with van der Waals surface area (Å²) in [5, 5.41) is 0. The van der Waals surface area contributed by atoms with Crippen molar-refractivity contribution in [2.75, 3.05) is 20.8 Å². The summed E-state index contributed by atoms with van der Waals surface area (Å²) >= 11 is 0. The van der Waals surface area contributed by atoms with Crippen LogP contribution in [0.3, 0.4) is 0 Å². The van der Waals surface area contributed by atoms with Gasteiger partial charge in [-0.1, -0.05) is 25.8 Å². The molecule has 1 aliphatic rings. The highest BCUT2D eigenvalue weighted by Gasteiger charge is 2.27. The molecule has 1 fully saturated rings. The number of methoxy groups -OCH3 is 2. The van der Waals surface area contributed by atoms with Gasteiger partial charge >= 0.3 is 0 Å². The lowest BCUT2D eigenvalue weighted by Crippen LogP contribution is -2.26. The van der Waals surface area contributed by atoms with Crippen LogP contribution in [0.25, 0.3) is 0 Å². The average molecular weight is 277 g/mol. The van der Waals surface area contributed by atoms with Gasteiger partial charge in [0.25, 0.3) is 0 Å². The van der Waals surface area contributed by atoms with E-state index in [-0.39, 0.29) is 0 Å². The van der Waals surface area contributed by atoms with Crippen molar-refractivity contribution in [1.82, 2.24) is 0 Å². The van der Waals surface area contributed by atoms with Crippen molar-refractivity contribution in [3.8, 4) is 11.5 Å². The smallest absolute Gasteiger partial charge is 0.160 e. The van der Waals surface area contributed by atoms with Gasteiger partial charge in [-0.05, 0) is 54.8 Å². The summed E-state index contributed by atoms with van der Waals surface area (Å²) in [6.45, 7) is 3.06. The first kappa shape index (κ1) is 15.2. The number of hydrogen-bond donors (Lipinski definition) is 1. The first-order valence-electron chi connectivity index (χ1n) is 7.61. The summed E-state index contributed by atoms with van der Waals surface area (Å²) < 4.78 is 10.7. The maximum Gasteiger partial charge on any atom is 0.160 e. The van der Waals surface area contributed by atoms with Crippen LogP contribution in [0.4, 0.5) is 0 Å². The zero-order chi connectivity index (χ0) is 14.5.